The van der Waals surface area contributed by atoms with Gasteiger partial charge in [0.1, 0.15) is 0 Å². The molecule has 0 aromatic heterocycles. The van der Waals surface area contributed by atoms with Crippen molar-refractivity contribution in [3.05, 3.63) is 0 Å². The highest BCUT2D eigenvalue weighted by Gasteiger charge is 2.08. The van der Waals surface area contributed by atoms with E-state index in [1.807, 2.05) is 25.7 Å². The van der Waals surface area contributed by atoms with E-state index in [4.69, 9.17) is 9.47 Å². The Kier molecular flexibility index (Phi) is 8.57. The Bertz CT molecular complexity index is 150. The maximum absolute atomic E-state index is 11.1. The van der Waals surface area contributed by atoms with E-state index in [0.29, 0.717) is 19.8 Å². The Morgan fingerprint density at radius 2 is 1.93 bits per heavy atom. The number of ether oxygens (including phenoxy) is 2. The number of likely N-dealkylation sites (N-methyl/N-ethyl adjacent to an activating group) is 1. The van der Waals surface area contributed by atoms with Crippen molar-refractivity contribution in [1.82, 2.24) is 4.90 Å². The molecular formula is C10H21NO3. The highest BCUT2D eigenvalue weighted by atomic mass is 16.5. The van der Waals surface area contributed by atoms with Crippen LogP contribution in [-0.2, 0) is 14.3 Å². The molecule has 0 aliphatic rings. The van der Waals surface area contributed by atoms with Gasteiger partial charge in [-0.3, -0.25) is 9.69 Å². The lowest BCUT2D eigenvalue weighted by Gasteiger charge is -2.18. The molecule has 0 radical (unpaired) electrons. The first-order valence-electron chi connectivity index (χ1n) is 5.20. The summed E-state index contributed by atoms with van der Waals surface area (Å²) >= 11 is 0. The third kappa shape index (κ3) is 6.86. The molecule has 0 aromatic rings. The summed E-state index contributed by atoms with van der Waals surface area (Å²) < 4.78 is 10.1. The zero-order valence-electron chi connectivity index (χ0n) is 9.41. The number of hydrogen-bond donors (Lipinski definition) is 0. The van der Waals surface area contributed by atoms with Gasteiger partial charge in [0.05, 0.1) is 19.8 Å². The molecule has 0 fully saturated rings. The van der Waals surface area contributed by atoms with Gasteiger partial charge in [-0.15, -0.1) is 0 Å². The van der Waals surface area contributed by atoms with E-state index in [2.05, 4.69) is 0 Å². The zero-order valence-corrected chi connectivity index (χ0v) is 9.41. The molecule has 0 aromatic carbocycles. The molecule has 0 aliphatic heterocycles. The monoisotopic (exact) mass is 203 g/mol. The van der Waals surface area contributed by atoms with Crippen LogP contribution in [0.4, 0.5) is 0 Å². The second-order valence-electron chi connectivity index (χ2n) is 2.87. The highest BCUT2D eigenvalue weighted by Crippen LogP contribution is 1.90. The van der Waals surface area contributed by atoms with Gasteiger partial charge >= 0.3 is 5.97 Å². The van der Waals surface area contributed by atoms with Gasteiger partial charge in [-0.25, -0.2) is 0 Å². The van der Waals surface area contributed by atoms with Gasteiger partial charge in [-0.2, -0.15) is 0 Å². The fraction of sp³-hybridized carbons (Fsp3) is 0.900. The van der Waals surface area contributed by atoms with E-state index in [1.165, 1.54) is 0 Å². The fourth-order valence-corrected chi connectivity index (χ4v) is 1.08. The molecule has 0 aliphatic carbocycles. The first-order chi connectivity index (χ1) is 6.74. The minimum Gasteiger partial charge on any atom is -0.465 e. The Balaban J connectivity index is 3.61. The van der Waals surface area contributed by atoms with Crippen LogP contribution in [0.2, 0.25) is 0 Å². The van der Waals surface area contributed by atoms with Crippen molar-refractivity contribution in [3.63, 3.8) is 0 Å². The molecule has 0 N–H and O–H groups in total. The maximum atomic E-state index is 11.1. The Hall–Kier alpha value is -0.610. The van der Waals surface area contributed by atoms with Crippen molar-refractivity contribution in [2.45, 2.75) is 20.8 Å². The summed E-state index contributed by atoms with van der Waals surface area (Å²) in [7, 11) is 0. The van der Waals surface area contributed by atoms with E-state index in [-0.39, 0.29) is 5.97 Å². The minimum absolute atomic E-state index is 0.161. The standard InChI is InChI=1S/C10H21NO3/c1-4-11(7-8-13-5-2)9-10(12)14-6-3/h4-9H2,1-3H3. The quantitative estimate of drug-likeness (QED) is 0.434. The molecule has 4 heteroatoms. The van der Waals surface area contributed by atoms with E-state index < -0.39 is 0 Å². The lowest BCUT2D eigenvalue weighted by molar-refractivity contribution is -0.144. The molecule has 4 nitrogen and oxygen atoms in total. The van der Waals surface area contributed by atoms with E-state index in [0.717, 1.165) is 19.7 Å². The van der Waals surface area contributed by atoms with E-state index in [9.17, 15) is 4.79 Å². The lowest BCUT2D eigenvalue weighted by Crippen LogP contribution is -2.33. The molecule has 84 valence electrons. The van der Waals surface area contributed by atoms with Gasteiger partial charge in [0.25, 0.3) is 0 Å². The van der Waals surface area contributed by atoms with Crippen LogP contribution in [0.15, 0.2) is 0 Å². The Labute approximate surface area is 86.2 Å². The Morgan fingerprint density at radius 3 is 2.43 bits per heavy atom. The van der Waals surface area contributed by atoms with Crippen LogP contribution in [-0.4, -0.2) is 50.3 Å². The molecule has 0 bridgehead atoms. The predicted molar refractivity (Wildman–Crippen MR) is 55.2 cm³/mol. The molecule has 0 saturated carbocycles. The third-order valence-corrected chi connectivity index (χ3v) is 1.86. The van der Waals surface area contributed by atoms with Crippen LogP contribution in [0.1, 0.15) is 20.8 Å². The van der Waals surface area contributed by atoms with Crippen molar-refractivity contribution in [1.29, 1.82) is 0 Å². The second kappa shape index (κ2) is 8.97. The van der Waals surface area contributed by atoms with Crippen LogP contribution in [0.25, 0.3) is 0 Å². The molecule has 0 amide bonds. The third-order valence-electron chi connectivity index (χ3n) is 1.86. The van der Waals surface area contributed by atoms with Crippen LogP contribution >= 0.6 is 0 Å². The van der Waals surface area contributed by atoms with E-state index in [1.54, 1.807) is 0 Å². The van der Waals surface area contributed by atoms with Crippen LogP contribution in [0.3, 0.4) is 0 Å². The molecule has 0 rings (SSSR count). The number of nitrogens with zero attached hydrogens (tertiary/aromatic N) is 1. The molecular weight excluding hydrogens is 182 g/mol. The SMILES string of the molecule is CCOCCN(CC)CC(=O)OCC. The minimum atomic E-state index is -0.161. The summed E-state index contributed by atoms with van der Waals surface area (Å²) in [5, 5.41) is 0. The highest BCUT2D eigenvalue weighted by molar-refractivity contribution is 5.71. The van der Waals surface area contributed by atoms with Crippen molar-refractivity contribution in [2.75, 3.05) is 39.5 Å². The van der Waals surface area contributed by atoms with Gasteiger partial charge in [0.15, 0.2) is 0 Å². The van der Waals surface area contributed by atoms with Gasteiger partial charge in [0, 0.05) is 13.2 Å². The summed E-state index contributed by atoms with van der Waals surface area (Å²) in [4.78, 5) is 13.1. The second-order valence-corrected chi connectivity index (χ2v) is 2.87. The smallest absolute Gasteiger partial charge is 0.320 e. The predicted octanol–water partition coefficient (Wildman–Crippen LogP) is 0.908. The zero-order chi connectivity index (χ0) is 10.8. The van der Waals surface area contributed by atoms with Gasteiger partial charge in [-0.05, 0) is 20.4 Å². The molecule has 0 spiro atoms. The summed E-state index contributed by atoms with van der Waals surface area (Å²) in [5.41, 5.74) is 0. The lowest BCUT2D eigenvalue weighted by atomic mass is 10.4. The summed E-state index contributed by atoms with van der Waals surface area (Å²) in [5.74, 6) is -0.161. The molecule has 0 unspecified atom stereocenters. The Morgan fingerprint density at radius 1 is 1.21 bits per heavy atom. The average Bonchev–Trinajstić information content (AvgIpc) is 2.17. The molecule has 14 heavy (non-hydrogen) atoms. The number of carbonyl (C=O) groups excluding carboxylic acids is 1. The molecule has 0 heterocycles. The van der Waals surface area contributed by atoms with Crippen LogP contribution < -0.4 is 0 Å². The van der Waals surface area contributed by atoms with Crippen molar-refractivity contribution >= 4 is 5.97 Å². The van der Waals surface area contributed by atoms with Crippen molar-refractivity contribution in [3.8, 4) is 0 Å². The first kappa shape index (κ1) is 13.4. The topological polar surface area (TPSA) is 38.8 Å². The normalized spacial score (nSPS) is 10.6. The van der Waals surface area contributed by atoms with Crippen molar-refractivity contribution in [2.24, 2.45) is 0 Å². The number of esters is 1. The summed E-state index contributed by atoms with van der Waals surface area (Å²) in [6, 6.07) is 0. The number of carbonyl (C=O) groups is 1. The average molecular weight is 203 g/mol. The molecule has 0 atom stereocenters. The fourth-order valence-electron chi connectivity index (χ4n) is 1.08. The maximum Gasteiger partial charge on any atom is 0.320 e. The largest absolute Gasteiger partial charge is 0.465 e. The van der Waals surface area contributed by atoms with Gasteiger partial charge < -0.3 is 9.47 Å². The number of hydrogen-bond acceptors (Lipinski definition) is 4. The molecule has 0 saturated heterocycles. The van der Waals surface area contributed by atoms with E-state index >= 15 is 0 Å². The van der Waals surface area contributed by atoms with Crippen molar-refractivity contribution < 1.29 is 14.3 Å². The van der Waals surface area contributed by atoms with Gasteiger partial charge in [0.2, 0.25) is 0 Å². The summed E-state index contributed by atoms with van der Waals surface area (Å²) in [6.07, 6.45) is 0. The first-order valence-corrected chi connectivity index (χ1v) is 5.20. The van der Waals surface area contributed by atoms with Crippen LogP contribution in [0.5, 0.6) is 0 Å². The van der Waals surface area contributed by atoms with Crippen LogP contribution in [0, 0.1) is 0 Å². The number of rotatable bonds is 8. The van der Waals surface area contributed by atoms with Gasteiger partial charge in [-0.1, -0.05) is 6.92 Å². The summed E-state index contributed by atoms with van der Waals surface area (Å²) in [6.45, 7) is 9.61.